The summed E-state index contributed by atoms with van der Waals surface area (Å²) in [6.45, 7) is 2.16. The molecule has 0 saturated carbocycles. The van der Waals surface area contributed by atoms with Crippen LogP contribution < -0.4 is 0 Å². The molecule has 0 bridgehead atoms. The zero-order chi connectivity index (χ0) is 17.9. The normalized spacial score (nSPS) is 10.7. The van der Waals surface area contributed by atoms with Gasteiger partial charge in [0.2, 0.25) is 0 Å². The second-order valence-electron chi connectivity index (χ2n) is 6.30. The zero-order valence-corrected chi connectivity index (χ0v) is 16.1. The first-order valence-corrected chi connectivity index (χ1v) is 9.39. The van der Waals surface area contributed by atoms with Crippen LogP contribution in [0.1, 0.15) is 5.56 Å². The van der Waals surface area contributed by atoms with Gasteiger partial charge in [-0.1, -0.05) is 70.5 Å². The number of aryl methyl sites for hydroxylation is 1. The van der Waals surface area contributed by atoms with E-state index >= 15 is 0 Å². The Morgan fingerprint density at radius 2 is 1.46 bits per heavy atom. The van der Waals surface area contributed by atoms with Crippen molar-refractivity contribution in [3.63, 3.8) is 0 Å². The third-order valence-corrected chi connectivity index (χ3v) is 5.05. The molecule has 1 heterocycles. The number of rotatable bonds is 3. The van der Waals surface area contributed by atoms with E-state index in [-0.39, 0.29) is 0 Å². The zero-order valence-electron chi connectivity index (χ0n) is 14.5. The summed E-state index contributed by atoms with van der Waals surface area (Å²) in [5.74, 6) is 0. The number of aromatic nitrogens is 1. The number of pyridine rings is 1. The highest BCUT2D eigenvalue weighted by atomic mass is 79.9. The van der Waals surface area contributed by atoms with E-state index < -0.39 is 0 Å². The van der Waals surface area contributed by atoms with Gasteiger partial charge in [0, 0.05) is 16.2 Å². The number of halogens is 1. The van der Waals surface area contributed by atoms with Crippen molar-refractivity contribution in [2.75, 3.05) is 0 Å². The Kier molecular flexibility index (Phi) is 4.68. The average molecular weight is 400 g/mol. The molecule has 0 N–H and O–H groups in total. The second-order valence-corrected chi connectivity index (χ2v) is 7.22. The SMILES string of the molecule is Cc1ccc(-c2ccccn2)cc1-c1cc(Br)ccc1-c1ccccc1. The van der Waals surface area contributed by atoms with Gasteiger partial charge in [0.15, 0.2) is 0 Å². The first-order chi connectivity index (χ1) is 12.7. The van der Waals surface area contributed by atoms with Crippen molar-refractivity contribution >= 4 is 15.9 Å². The van der Waals surface area contributed by atoms with Gasteiger partial charge >= 0.3 is 0 Å². The van der Waals surface area contributed by atoms with Crippen LogP contribution in [-0.2, 0) is 0 Å². The third kappa shape index (κ3) is 3.33. The summed E-state index contributed by atoms with van der Waals surface area (Å²) < 4.78 is 1.08. The fourth-order valence-corrected chi connectivity index (χ4v) is 3.57. The van der Waals surface area contributed by atoms with E-state index in [2.05, 4.69) is 94.6 Å². The minimum absolute atomic E-state index is 0.991. The largest absolute Gasteiger partial charge is 0.256 e. The number of hydrogen-bond acceptors (Lipinski definition) is 1. The molecule has 1 nitrogen and oxygen atoms in total. The molecule has 126 valence electrons. The second kappa shape index (κ2) is 7.27. The van der Waals surface area contributed by atoms with E-state index in [0.29, 0.717) is 0 Å². The van der Waals surface area contributed by atoms with Gasteiger partial charge in [0.1, 0.15) is 0 Å². The molecule has 3 aromatic carbocycles. The molecular weight excluding hydrogens is 382 g/mol. The minimum atomic E-state index is 0.991. The predicted molar refractivity (Wildman–Crippen MR) is 113 cm³/mol. The summed E-state index contributed by atoms with van der Waals surface area (Å²) in [7, 11) is 0. The van der Waals surface area contributed by atoms with Crippen molar-refractivity contribution < 1.29 is 0 Å². The molecule has 0 unspecified atom stereocenters. The van der Waals surface area contributed by atoms with Crippen LogP contribution in [0.4, 0.5) is 0 Å². The van der Waals surface area contributed by atoms with Crippen LogP contribution in [0.5, 0.6) is 0 Å². The molecule has 1 aromatic heterocycles. The lowest BCUT2D eigenvalue weighted by atomic mass is 9.90. The van der Waals surface area contributed by atoms with Gasteiger partial charge in [-0.15, -0.1) is 0 Å². The molecule has 0 atom stereocenters. The average Bonchev–Trinajstić information content (AvgIpc) is 2.70. The standard InChI is InChI=1S/C24H18BrN/c1-17-10-11-19(24-9-5-6-14-26-24)15-22(17)23-16-20(25)12-13-21(23)18-7-3-2-4-8-18/h2-16H,1H3. The van der Waals surface area contributed by atoms with Gasteiger partial charge in [-0.25, -0.2) is 0 Å². The third-order valence-electron chi connectivity index (χ3n) is 4.55. The Bertz CT molecular complexity index is 1040. The van der Waals surface area contributed by atoms with Crippen molar-refractivity contribution in [1.82, 2.24) is 4.98 Å². The van der Waals surface area contributed by atoms with E-state index in [1.165, 1.54) is 27.8 Å². The van der Waals surface area contributed by atoms with Crippen LogP contribution in [0.3, 0.4) is 0 Å². The lowest BCUT2D eigenvalue weighted by molar-refractivity contribution is 1.32. The first kappa shape index (κ1) is 16.7. The van der Waals surface area contributed by atoms with Crippen molar-refractivity contribution in [3.8, 4) is 33.5 Å². The summed E-state index contributed by atoms with van der Waals surface area (Å²) in [6, 6.07) is 29.6. The maximum absolute atomic E-state index is 4.50. The molecule has 0 aliphatic carbocycles. The van der Waals surface area contributed by atoms with Gasteiger partial charge in [0.05, 0.1) is 5.69 Å². The van der Waals surface area contributed by atoms with Gasteiger partial charge in [-0.2, -0.15) is 0 Å². The lowest BCUT2D eigenvalue weighted by Gasteiger charge is -2.15. The Balaban J connectivity index is 1.92. The van der Waals surface area contributed by atoms with Crippen LogP contribution >= 0.6 is 15.9 Å². The fourth-order valence-electron chi connectivity index (χ4n) is 3.21. The van der Waals surface area contributed by atoms with E-state index in [4.69, 9.17) is 0 Å². The highest BCUT2D eigenvalue weighted by molar-refractivity contribution is 9.10. The quantitative estimate of drug-likeness (QED) is 0.356. The maximum atomic E-state index is 4.50. The van der Waals surface area contributed by atoms with E-state index in [0.717, 1.165) is 15.7 Å². The highest BCUT2D eigenvalue weighted by Crippen LogP contribution is 2.37. The fraction of sp³-hybridized carbons (Fsp3) is 0.0417. The summed E-state index contributed by atoms with van der Waals surface area (Å²) in [4.78, 5) is 4.50. The smallest absolute Gasteiger partial charge is 0.0702 e. The summed E-state index contributed by atoms with van der Waals surface area (Å²) in [5.41, 5.74) is 8.28. The predicted octanol–water partition coefficient (Wildman–Crippen LogP) is 7.15. The molecule has 0 radical (unpaired) electrons. The molecule has 0 aliphatic rings. The van der Waals surface area contributed by atoms with Crippen LogP contribution in [0.2, 0.25) is 0 Å². The van der Waals surface area contributed by atoms with Crippen LogP contribution in [0, 0.1) is 6.92 Å². The summed E-state index contributed by atoms with van der Waals surface area (Å²) in [6.07, 6.45) is 1.84. The number of hydrogen-bond donors (Lipinski definition) is 0. The van der Waals surface area contributed by atoms with Crippen LogP contribution in [0.25, 0.3) is 33.5 Å². The first-order valence-electron chi connectivity index (χ1n) is 8.60. The summed E-state index contributed by atoms with van der Waals surface area (Å²) >= 11 is 3.64. The maximum Gasteiger partial charge on any atom is 0.0702 e. The summed E-state index contributed by atoms with van der Waals surface area (Å²) in [5, 5.41) is 0. The topological polar surface area (TPSA) is 12.9 Å². The van der Waals surface area contributed by atoms with Gasteiger partial charge < -0.3 is 0 Å². The Labute approximate surface area is 162 Å². The molecule has 0 saturated heterocycles. The Hall–Kier alpha value is -2.71. The lowest BCUT2D eigenvalue weighted by Crippen LogP contribution is -1.91. The highest BCUT2D eigenvalue weighted by Gasteiger charge is 2.12. The molecule has 0 spiro atoms. The van der Waals surface area contributed by atoms with Gasteiger partial charge in [-0.3, -0.25) is 4.98 Å². The van der Waals surface area contributed by atoms with E-state index in [9.17, 15) is 0 Å². The van der Waals surface area contributed by atoms with Gasteiger partial charge in [0.25, 0.3) is 0 Å². The molecular formula is C24H18BrN. The molecule has 26 heavy (non-hydrogen) atoms. The minimum Gasteiger partial charge on any atom is -0.256 e. The molecule has 0 fully saturated rings. The van der Waals surface area contributed by atoms with E-state index in [1.807, 2.05) is 24.4 Å². The van der Waals surface area contributed by atoms with Crippen molar-refractivity contribution in [3.05, 3.63) is 101 Å². The van der Waals surface area contributed by atoms with E-state index in [1.54, 1.807) is 0 Å². The molecule has 4 aromatic rings. The van der Waals surface area contributed by atoms with Gasteiger partial charge in [-0.05, 0) is 65.1 Å². The number of nitrogens with zero attached hydrogens (tertiary/aromatic N) is 1. The van der Waals surface area contributed by atoms with Crippen LogP contribution in [-0.4, -0.2) is 4.98 Å². The molecule has 2 heteroatoms. The van der Waals surface area contributed by atoms with Crippen molar-refractivity contribution in [2.45, 2.75) is 6.92 Å². The van der Waals surface area contributed by atoms with Crippen molar-refractivity contribution in [1.29, 1.82) is 0 Å². The van der Waals surface area contributed by atoms with Crippen molar-refractivity contribution in [2.24, 2.45) is 0 Å². The van der Waals surface area contributed by atoms with Crippen LogP contribution in [0.15, 0.2) is 95.6 Å². The monoisotopic (exact) mass is 399 g/mol. The number of benzene rings is 3. The molecule has 0 amide bonds. The molecule has 0 aliphatic heterocycles. The molecule has 4 rings (SSSR count). The Morgan fingerprint density at radius 1 is 0.654 bits per heavy atom. The Morgan fingerprint density at radius 3 is 2.23 bits per heavy atom.